The van der Waals surface area contributed by atoms with E-state index in [4.69, 9.17) is 10.6 Å². The first-order valence-electron chi connectivity index (χ1n) is 11.0. The number of nitrogens with zero attached hydrogens (tertiary/aromatic N) is 4. The van der Waals surface area contributed by atoms with Gasteiger partial charge in [-0.15, -0.1) is 11.3 Å². The smallest absolute Gasteiger partial charge is 0.280 e. The van der Waals surface area contributed by atoms with Crippen LogP contribution in [0.5, 0.6) is 0 Å². The van der Waals surface area contributed by atoms with Gasteiger partial charge >= 0.3 is 0 Å². The molecule has 2 amide bonds. The number of aryl methyl sites for hydroxylation is 1. The van der Waals surface area contributed by atoms with Gasteiger partial charge in [-0.1, -0.05) is 17.3 Å². The number of aromatic nitrogens is 3. The van der Waals surface area contributed by atoms with Gasteiger partial charge in [-0.3, -0.25) is 14.3 Å². The van der Waals surface area contributed by atoms with Crippen LogP contribution in [0, 0.1) is 12.7 Å². The number of nitrogens with two attached hydrogens (primary N) is 1. The number of primary amides is 1. The molecule has 0 saturated heterocycles. The Hall–Kier alpha value is -4.26. The highest BCUT2D eigenvalue weighted by atomic mass is 32.1. The first-order valence-corrected chi connectivity index (χ1v) is 11.8. The van der Waals surface area contributed by atoms with Crippen molar-refractivity contribution < 1.29 is 27.6 Å². The summed E-state index contributed by atoms with van der Waals surface area (Å²) in [6.07, 6.45) is -2.32. The highest BCUT2D eigenvalue weighted by molar-refractivity contribution is 7.21. The maximum absolute atomic E-state index is 13.7. The van der Waals surface area contributed by atoms with Gasteiger partial charge in [0.15, 0.2) is 0 Å². The van der Waals surface area contributed by atoms with Gasteiger partial charge in [-0.05, 0) is 36.2 Å². The Kier molecular flexibility index (Phi) is 6.15. The van der Waals surface area contributed by atoms with E-state index in [9.17, 15) is 22.8 Å². The van der Waals surface area contributed by atoms with Crippen molar-refractivity contribution in [1.82, 2.24) is 14.8 Å². The normalized spacial score (nSPS) is 15.2. The molecule has 0 spiro atoms. The molecule has 1 atom stereocenters. The summed E-state index contributed by atoms with van der Waals surface area (Å²) in [4.78, 5) is 34.9. The van der Waals surface area contributed by atoms with Crippen LogP contribution in [-0.4, -0.2) is 38.4 Å². The fourth-order valence-electron chi connectivity index (χ4n) is 4.03. The minimum Gasteiger partial charge on any atom is -0.382 e. The van der Waals surface area contributed by atoms with Crippen LogP contribution >= 0.6 is 11.3 Å². The Morgan fingerprint density at radius 1 is 1.24 bits per heavy atom. The number of hydrogen-bond donors (Lipinski definition) is 2. The van der Waals surface area contributed by atoms with E-state index in [1.165, 1.54) is 36.5 Å². The van der Waals surface area contributed by atoms with E-state index in [0.717, 1.165) is 11.3 Å². The second kappa shape index (κ2) is 9.32. The van der Waals surface area contributed by atoms with E-state index < -0.39 is 35.9 Å². The minimum atomic E-state index is -2.87. The molecule has 1 aliphatic rings. The van der Waals surface area contributed by atoms with Crippen LogP contribution in [0.1, 0.15) is 39.5 Å². The van der Waals surface area contributed by atoms with Crippen molar-refractivity contribution in [2.75, 3.05) is 5.32 Å². The highest BCUT2D eigenvalue weighted by Crippen LogP contribution is 2.43. The second-order valence-corrected chi connectivity index (χ2v) is 9.34. The van der Waals surface area contributed by atoms with E-state index >= 15 is 0 Å². The van der Waals surface area contributed by atoms with Crippen molar-refractivity contribution in [3.63, 3.8) is 0 Å². The van der Waals surface area contributed by atoms with E-state index in [1.807, 2.05) is 0 Å². The molecule has 3 N–H and O–H groups in total. The fourth-order valence-corrected chi connectivity index (χ4v) is 5.05. The Bertz CT molecular complexity index is 1580. The second-order valence-electron chi connectivity index (χ2n) is 8.35. The molecule has 9 nitrogen and oxygen atoms in total. The molecule has 1 unspecified atom stereocenters. The quantitative estimate of drug-likeness (QED) is 0.386. The standard InChI is InChI=1S/C24H19F3N6O3S/c1-10-14(9-29-33(10)2)13-7-16(21(26)27)30-24-18(13)19(20(37-24)22(28)34)31-23(35)17-8-15(32-36-17)11-3-5-12(25)6-4-11/h3-7,9,17,21H,8H2,1-2H3,(H2,28,34)(H,31,35). The Balaban J connectivity index is 1.55. The number of carbonyl (C=O) groups is 2. The predicted molar refractivity (Wildman–Crippen MR) is 131 cm³/mol. The number of anilines is 1. The molecule has 0 aliphatic carbocycles. The Labute approximate surface area is 211 Å². The van der Waals surface area contributed by atoms with Crippen LogP contribution in [0.2, 0.25) is 0 Å². The van der Waals surface area contributed by atoms with Crippen molar-refractivity contribution in [2.24, 2.45) is 17.9 Å². The molecule has 5 rings (SSSR count). The fraction of sp³-hybridized carbons (Fsp3) is 0.208. The van der Waals surface area contributed by atoms with Gasteiger partial charge < -0.3 is 15.9 Å². The van der Waals surface area contributed by atoms with Gasteiger partial charge in [0.2, 0.25) is 6.10 Å². The van der Waals surface area contributed by atoms with Crippen LogP contribution in [0.4, 0.5) is 18.9 Å². The van der Waals surface area contributed by atoms with Gasteiger partial charge in [0.05, 0.1) is 17.6 Å². The van der Waals surface area contributed by atoms with Crippen molar-refractivity contribution in [3.8, 4) is 11.1 Å². The van der Waals surface area contributed by atoms with Crippen LogP contribution < -0.4 is 11.1 Å². The number of halogens is 3. The number of thiophene rings is 1. The average molecular weight is 529 g/mol. The van der Waals surface area contributed by atoms with Gasteiger partial charge in [0, 0.05) is 30.1 Å². The van der Waals surface area contributed by atoms with Gasteiger partial charge in [-0.2, -0.15) is 5.10 Å². The molecule has 0 bridgehead atoms. The van der Waals surface area contributed by atoms with Crippen molar-refractivity contribution >= 4 is 44.8 Å². The molecule has 4 heterocycles. The van der Waals surface area contributed by atoms with Crippen LogP contribution in [0.25, 0.3) is 21.3 Å². The number of carbonyl (C=O) groups excluding carboxylic acids is 2. The maximum Gasteiger partial charge on any atom is 0.280 e. The first kappa shape index (κ1) is 24.4. The summed E-state index contributed by atoms with van der Waals surface area (Å²) in [5, 5.41) is 11.1. The van der Waals surface area contributed by atoms with Crippen molar-refractivity contribution in [2.45, 2.75) is 25.9 Å². The van der Waals surface area contributed by atoms with Crippen LogP contribution in [0.15, 0.2) is 41.7 Å². The van der Waals surface area contributed by atoms with Crippen LogP contribution in [0.3, 0.4) is 0 Å². The van der Waals surface area contributed by atoms with E-state index in [0.29, 0.717) is 28.1 Å². The monoisotopic (exact) mass is 528 g/mol. The third-order valence-electron chi connectivity index (χ3n) is 6.04. The Morgan fingerprint density at radius 3 is 2.59 bits per heavy atom. The van der Waals surface area contributed by atoms with Gasteiger partial charge in [0.1, 0.15) is 21.2 Å². The number of pyridine rings is 1. The lowest BCUT2D eigenvalue weighted by Crippen LogP contribution is -2.29. The minimum absolute atomic E-state index is 0.0444. The van der Waals surface area contributed by atoms with E-state index in [2.05, 4.69) is 20.6 Å². The topological polar surface area (TPSA) is 124 Å². The summed E-state index contributed by atoms with van der Waals surface area (Å²) in [7, 11) is 1.70. The molecule has 0 fully saturated rings. The maximum atomic E-state index is 13.7. The lowest BCUT2D eigenvalue weighted by molar-refractivity contribution is -0.125. The van der Waals surface area contributed by atoms with E-state index in [1.54, 1.807) is 18.7 Å². The zero-order chi connectivity index (χ0) is 26.4. The molecule has 1 aliphatic heterocycles. The molecular formula is C24H19F3N6O3S. The summed E-state index contributed by atoms with van der Waals surface area (Å²) in [5.41, 5.74) is 7.70. The summed E-state index contributed by atoms with van der Waals surface area (Å²) < 4.78 is 42.2. The molecule has 190 valence electrons. The van der Waals surface area contributed by atoms with Crippen molar-refractivity contribution in [1.29, 1.82) is 0 Å². The number of oxime groups is 1. The summed E-state index contributed by atoms with van der Waals surface area (Å²) in [5.74, 6) is -1.90. The molecular weight excluding hydrogens is 509 g/mol. The zero-order valence-electron chi connectivity index (χ0n) is 19.5. The lowest BCUT2D eigenvalue weighted by Gasteiger charge is -2.12. The number of fused-ring (bicyclic) bond motifs is 1. The van der Waals surface area contributed by atoms with Gasteiger partial charge in [-0.25, -0.2) is 18.2 Å². The molecule has 1 aromatic carbocycles. The van der Waals surface area contributed by atoms with Crippen LogP contribution in [-0.2, 0) is 16.7 Å². The lowest BCUT2D eigenvalue weighted by atomic mass is 10.0. The zero-order valence-corrected chi connectivity index (χ0v) is 20.3. The third kappa shape index (κ3) is 4.42. The largest absolute Gasteiger partial charge is 0.382 e. The average Bonchev–Trinajstić information content (AvgIpc) is 3.57. The molecule has 0 saturated carbocycles. The summed E-state index contributed by atoms with van der Waals surface area (Å²) in [6, 6.07) is 6.79. The number of rotatable bonds is 6. The van der Waals surface area contributed by atoms with E-state index in [-0.39, 0.29) is 27.2 Å². The SMILES string of the molecule is Cc1c(-c2cc(C(F)F)nc3sc(C(N)=O)c(NC(=O)C4CC(c5ccc(F)cc5)=NO4)c23)cnn1C. The van der Waals surface area contributed by atoms with Gasteiger partial charge in [0.25, 0.3) is 18.2 Å². The highest BCUT2D eigenvalue weighted by Gasteiger charge is 2.32. The number of alkyl halides is 2. The summed E-state index contributed by atoms with van der Waals surface area (Å²) in [6.45, 7) is 1.76. The molecule has 0 radical (unpaired) electrons. The Morgan fingerprint density at radius 2 is 1.97 bits per heavy atom. The third-order valence-corrected chi connectivity index (χ3v) is 7.14. The first-order chi connectivity index (χ1) is 17.6. The molecule has 3 aromatic heterocycles. The van der Waals surface area contributed by atoms with Crippen molar-refractivity contribution in [3.05, 3.63) is 64.2 Å². The number of hydrogen-bond acceptors (Lipinski definition) is 7. The molecule has 4 aromatic rings. The number of nitrogens with one attached hydrogen (secondary N) is 1. The number of benzene rings is 1. The summed E-state index contributed by atoms with van der Waals surface area (Å²) >= 11 is 0.802. The molecule has 37 heavy (non-hydrogen) atoms. The molecule has 13 heteroatoms. The predicted octanol–water partition coefficient (Wildman–Crippen LogP) is 4.31. The number of amides is 2.